The van der Waals surface area contributed by atoms with Crippen LogP contribution in [0.5, 0.6) is 0 Å². The highest BCUT2D eigenvalue weighted by Crippen LogP contribution is 2.28. The number of oxime groups is 1. The maximum Gasteiger partial charge on any atom is 0.341 e. The number of carbonyl (C=O) groups is 1. The summed E-state index contributed by atoms with van der Waals surface area (Å²) in [4.78, 5) is 17.7. The molecule has 6 nitrogen and oxygen atoms in total. The molecule has 0 bridgehead atoms. The first-order valence-electron chi connectivity index (χ1n) is 8.55. The Morgan fingerprint density at radius 2 is 1.69 bits per heavy atom. The second-order valence-electron chi connectivity index (χ2n) is 5.75. The van der Waals surface area contributed by atoms with E-state index in [1.54, 1.807) is 31.4 Å². The molecule has 0 aliphatic rings. The van der Waals surface area contributed by atoms with E-state index < -0.39 is 5.97 Å². The monoisotopic (exact) mass is 437 g/mol. The Bertz CT molecular complexity index is 912. The third-order valence-electron chi connectivity index (χ3n) is 3.90. The van der Waals surface area contributed by atoms with Crippen LogP contribution in [0.1, 0.15) is 16.7 Å². The van der Waals surface area contributed by atoms with Gasteiger partial charge >= 0.3 is 5.97 Å². The van der Waals surface area contributed by atoms with Crippen molar-refractivity contribution >= 4 is 40.5 Å². The van der Waals surface area contributed by atoms with Crippen LogP contribution in [-0.2, 0) is 30.4 Å². The molecule has 2 rings (SSSR count). The summed E-state index contributed by atoms with van der Waals surface area (Å²) in [5.74, 6) is -0.560. The lowest BCUT2D eigenvalue weighted by atomic mass is 10.0. The van der Waals surface area contributed by atoms with E-state index in [-0.39, 0.29) is 18.8 Å². The number of halogens is 2. The second kappa shape index (κ2) is 11.5. The van der Waals surface area contributed by atoms with E-state index in [0.717, 1.165) is 0 Å². The van der Waals surface area contributed by atoms with E-state index in [1.807, 2.05) is 18.2 Å². The van der Waals surface area contributed by atoms with Crippen molar-refractivity contribution in [3.63, 3.8) is 0 Å². The van der Waals surface area contributed by atoms with Gasteiger partial charge in [-0.2, -0.15) is 0 Å². The molecule has 0 saturated carbocycles. The third kappa shape index (κ3) is 5.97. The number of methoxy groups -OCH3 is 3. The molecule has 0 aliphatic heterocycles. The number of hydrogen-bond donors (Lipinski definition) is 0. The van der Waals surface area contributed by atoms with E-state index in [0.29, 0.717) is 32.4 Å². The molecule has 0 unspecified atom stereocenters. The minimum Gasteiger partial charge on any atom is -0.503 e. The molecule has 29 heavy (non-hydrogen) atoms. The first-order chi connectivity index (χ1) is 14.0. The van der Waals surface area contributed by atoms with Gasteiger partial charge in [0.2, 0.25) is 0 Å². The van der Waals surface area contributed by atoms with Gasteiger partial charge in [-0.05, 0) is 12.1 Å². The zero-order chi connectivity index (χ0) is 21.2. The zero-order valence-corrected chi connectivity index (χ0v) is 17.8. The zero-order valence-electron chi connectivity index (χ0n) is 16.3. The van der Waals surface area contributed by atoms with Crippen LogP contribution < -0.4 is 0 Å². The molecule has 2 aromatic carbocycles. The lowest BCUT2D eigenvalue weighted by Gasteiger charge is -2.13. The molecular formula is C21H21Cl2NO5. The molecular weight excluding hydrogens is 417 g/mol. The van der Waals surface area contributed by atoms with Gasteiger partial charge in [-0.15, -0.1) is 0 Å². The molecule has 8 heteroatoms. The molecule has 0 spiro atoms. The maximum absolute atomic E-state index is 12.1. The van der Waals surface area contributed by atoms with Gasteiger partial charge in [-0.25, -0.2) is 4.79 Å². The number of carbonyl (C=O) groups excluding carboxylic acids is 1. The molecule has 0 N–H and O–H groups in total. The minimum absolute atomic E-state index is 0.00468. The number of ether oxygens (including phenoxy) is 3. The summed E-state index contributed by atoms with van der Waals surface area (Å²) in [6.45, 7) is 0.209. The summed E-state index contributed by atoms with van der Waals surface area (Å²) < 4.78 is 15.0. The molecule has 0 heterocycles. The van der Waals surface area contributed by atoms with Crippen molar-refractivity contribution in [3.05, 3.63) is 75.5 Å². The van der Waals surface area contributed by atoms with Crippen LogP contribution in [0.15, 0.2) is 53.9 Å². The Balaban J connectivity index is 2.34. The molecule has 0 aliphatic carbocycles. The lowest BCUT2D eigenvalue weighted by Crippen LogP contribution is -2.11. The van der Waals surface area contributed by atoms with Crippen LogP contribution in [0, 0.1) is 0 Å². The van der Waals surface area contributed by atoms with E-state index in [9.17, 15) is 4.79 Å². The van der Waals surface area contributed by atoms with Crippen molar-refractivity contribution in [2.45, 2.75) is 6.61 Å². The Hall–Kier alpha value is -2.54. The first-order valence-corrected chi connectivity index (χ1v) is 9.30. The van der Waals surface area contributed by atoms with Crippen molar-refractivity contribution in [1.82, 2.24) is 0 Å². The fourth-order valence-electron chi connectivity index (χ4n) is 2.57. The van der Waals surface area contributed by atoms with Crippen molar-refractivity contribution in [2.24, 2.45) is 5.16 Å². The highest BCUT2D eigenvalue weighted by molar-refractivity contribution is 6.34. The predicted molar refractivity (Wildman–Crippen MR) is 113 cm³/mol. The predicted octanol–water partition coefficient (Wildman–Crippen LogP) is 4.72. The molecule has 0 saturated heterocycles. The van der Waals surface area contributed by atoms with Crippen molar-refractivity contribution in [1.29, 1.82) is 0 Å². The van der Waals surface area contributed by atoms with Crippen LogP contribution in [-0.4, -0.2) is 39.6 Å². The smallest absolute Gasteiger partial charge is 0.341 e. The summed E-state index contributed by atoms with van der Waals surface area (Å²) in [6.07, 6.45) is 1.30. The molecule has 2 aromatic rings. The Morgan fingerprint density at radius 1 is 1.00 bits per heavy atom. The first kappa shape index (κ1) is 22.7. The number of esters is 1. The second-order valence-corrected chi connectivity index (χ2v) is 6.56. The molecule has 0 radical (unpaired) electrons. The van der Waals surface area contributed by atoms with Gasteiger partial charge in [-0.1, -0.05) is 58.7 Å². The van der Waals surface area contributed by atoms with Crippen molar-refractivity contribution in [2.75, 3.05) is 27.9 Å². The van der Waals surface area contributed by atoms with E-state index >= 15 is 0 Å². The fourth-order valence-corrected chi connectivity index (χ4v) is 3.04. The fraction of sp³-hybridized carbons (Fsp3) is 0.238. The number of hydrogen-bond acceptors (Lipinski definition) is 6. The molecule has 0 aromatic heterocycles. The van der Waals surface area contributed by atoms with Crippen molar-refractivity contribution < 1.29 is 23.8 Å². The lowest BCUT2D eigenvalue weighted by molar-refractivity contribution is -0.133. The van der Waals surface area contributed by atoms with Gasteiger partial charge in [0, 0.05) is 33.8 Å². The summed E-state index contributed by atoms with van der Waals surface area (Å²) in [5.41, 5.74) is 2.51. The highest BCUT2D eigenvalue weighted by atomic mass is 35.5. The largest absolute Gasteiger partial charge is 0.503 e. The maximum atomic E-state index is 12.1. The molecule has 0 fully saturated rings. The summed E-state index contributed by atoms with van der Waals surface area (Å²) in [6, 6.07) is 12.4. The summed E-state index contributed by atoms with van der Waals surface area (Å²) in [7, 11) is 4.28. The molecule has 0 atom stereocenters. The standard InChI is InChI=1S/C21H21Cl2NO5/c1-26-11-17(21(25)28-3)14-8-6-10-19(23)16(14)12-29-24-20(13-27-2)15-7-4-5-9-18(15)22/h4-11H,12-13H2,1-3H3/b17-11+,24-20+. The number of nitrogens with zero attached hydrogens (tertiary/aromatic N) is 1. The Kier molecular flexibility index (Phi) is 8.99. The van der Waals surface area contributed by atoms with Gasteiger partial charge in [-0.3, -0.25) is 0 Å². The normalized spacial score (nSPS) is 11.9. The van der Waals surface area contributed by atoms with E-state index in [1.165, 1.54) is 20.5 Å². The molecule has 0 amide bonds. The summed E-state index contributed by atoms with van der Waals surface area (Å²) in [5, 5.41) is 5.11. The van der Waals surface area contributed by atoms with Crippen molar-refractivity contribution in [3.8, 4) is 0 Å². The topological polar surface area (TPSA) is 66.4 Å². The quantitative estimate of drug-likeness (QED) is 0.186. The van der Waals surface area contributed by atoms with Crippen LogP contribution >= 0.6 is 23.2 Å². The third-order valence-corrected chi connectivity index (χ3v) is 4.58. The number of rotatable bonds is 9. The Morgan fingerprint density at radius 3 is 2.34 bits per heavy atom. The average molecular weight is 438 g/mol. The van der Waals surface area contributed by atoms with Gasteiger partial charge in [0.05, 0.1) is 27.1 Å². The Labute approximate surface area is 179 Å². The average Bonchev–Trinajstić information content (AvgIpc) is 2.72. The van der Waals surface area contributed by atoms with Gasteiger partial charge in [0.1, 0.15) is 17.9 Å². The van der Waals surface area contributed by atoms with Gasteiger partial charge in [0.25, 0.3) is 0 Å². The van der Waals surface area contributed by atoms with Crippen LogP contribution in [0.25, 0.3) is 5.57 Å². The van der Waals surface area contributed by atoms with Crippen LogP contribution in [0.3, 0.4) is 0 Å². The molecule has 154 valence electrons. The van der Waals surface area contributed by atoms with Crippen LogP contribution in [0.4, 0.5) is 0 Å². The van der Waals surface area contributed by atoms with E-state index in [4.69, 9.17) is 42.3 Å². The van der Waals surface area contributed by atoms with E-state index in [2.05, 4.69) is 5.16 Å². The summed E-state index contributed by atoms with van der Waals surface area (Å²) >= 11 is 12.6. The SMILES string of the molecule is CO/C=C(/C(=O)OC)c1cccc(Cl)c1CO/N=C(\COC)c1ccccc1Cl. The van der Waals surface area contributed by atoms with Crippen LogP contribution in [0.2, 0.25) is 10.0 Å². The minimum atomic E-state index is -0.560. The van der Waals surface area contributed by atoms with Gasteiger partial charge < -0.3 is 19.0 Å². The number of benzene rings is 2. The van der Waals surface area contributed by atoms with Gasteiger partial charge in [0.15, 0.2) is 0 Å². The highest BCUT2D eigenvalue weighted by Gasteiger charge is 2.19.